The average Bonchev–Trinajstić information content (AvgIpc) is 3.14. The normalized spacial score (nSPS) is 11.6. The number of rotatable bonds is 13. The van der Waals surface area contributed by atoms with Crippen LogP contribution in [0.1, 0.15) is 26.7 Å². The second kappa shape index (κ2) is 17.1. The van der Waals surface area contributed by atoms with Crippen LogP contribution in [0, 0.1) is 0 Å². The van der Waals surface area contributed by atoms with Crippen LogP contribution in [0.15, 0.2) is 132 Å². The minimum atomic E-state index is -0.695. The van der Waals surface area contributed by atoms with Crippen LogP contribution in [-0.4, -0.2) is 39.1 Å². The molecule has 254 valence electrons. The zero-order valence-corrected chi connectivity index (χ0v) is 29.0. The zero-order valence-electron chi connectivity index (χ0n) is 27.4. The highest BCUT2D eigenvalue weighted by atomic mass is 35.5. The smallest absolute Gasteiger partial charge is 0.272 e. The molecule has 0 heterocycles. The van der Waals surface area contributed by atoms with Crippen molar-refractivity contribution in [2.24, 2.45) is 0 Å². The van der Waals surface area contributed by atoms with Gasteiger partial charge in [-0.1, -0.05) is 84.4 Å². The Balaban J connectivity index is 1.41. The first-order valence-electron chi connectivity index (χ1n) is 15.4. The number of hydrogen-bond acceptors (Lipinski definition) is 7. The summed E-state index contributed by atoms with van der Waals surface area (Å²) < 4.78 is 16.2. The molecule has 9 nitrogen and oxygen atoms in total. The highest BCUT2D eigenvalue weighted by Gasteiger charge is 2.24. The molecule has 0 spiro atoms. The molecule has 1 atom stereocenters. The van der Waals surface area contributed by atoms with E-state index in [4.69, 9.17) is 25.8 Å². The van der Waals surface area contributed by atoms with Crippen LogP contribution >= 0.6 is 23.4 Å². The van der Waals surface area contributed by atoms with Crippen molar-refractivity contribution < 1.29 is 28.6 Å². The highest BCUT2D eigenvalue weighted by Crippen LogP contribution is 2.40. The molecule has 11 heteroatoms. The van der Waals surface area contributed by atoms with E-state index in [1.807, 2.05) is 48.5 Å². The van der Waals surface area contributed by atoms with Crippen LogP contribution < -0.4 is 30.2 Å². The molecule has 50 heavy (non-hydrogen) atoms. The molecular formula is C39H34ClN3O6S. The van der Waals surface area contributed by atoms with Gasteiger partial charge < -0.3 is 30.2 Å². The Kier molecular flexibility index (Phi) is 12.2. The van der Waals surface area contributed by atoms with Crippen LogP contribution in [-0.2, 0) is 9.59 Å². The van der Waals surface area contributed by atoms with Gasteiger partial charge in [-0.05, 0) is 54.1 Å². The summed E-state index contributed by atoms with van der Waals surface area (Å²) in [6.07, 6.45) is 1.56. The van der Waals surface area contributed by atoms with Gasteiger partial charge in [0.05, 0.1) is 32.0 Å². The maximum Gasteiger partial charge on any atom is 0.272 e. The lowest BCUT2D eigenvalue weighted by Gasteiger charge is -2.19. The number of halogens is 1. The molecular weight excluding hydrogens is 674 g/mol. The quantitative estimate of drug-likeness (QED) is 0.0834. The lowest BCUT2D eigenvalue weighted by atomic mass is 10.1. The van der Waals surface area contributed by atoms with E-state index in [0.717, 1.165) is 5.56 Å². The van der Waals surface area contributed by atoms with Crippen molar-refractivity contribution in [3.05, 3.63) is 149 Å². The number of benzene rings is 5. The lowest BCUT2D eigenvalue weighted by Crippen LogP contribution is -2.30. The van der Waals surface area contributed by atoms with E-state index in [0.29, 0.717) is 49.7 Å². The van der Waals surface area contributed by atoms with Gasteiger partial charge in [0, 0.05) is 27.8 Å². The number of ether oxygens (including phenoxy) is 3. The fourth-order valence-electron chi connectivity index (χ4n) is 4.92. The van der Waals surface area contributed by atoms with Gasteiger partial charge in [0.1, 0.15) is 28.2 Å². The molecule has 0 aliphatic carbocycles. The maximum absolute atomic E-state index is 13.9. The molecule has 0 radical (unpaired) electrons. The van der Waals surface area contributed by atoms with E-state index in [1.165, 1.54) is 33.1 Å². The van der Waals surface area contributed by atoms with Crippen molar-refractivity contribution in [2.75, 3.05) is 32.0 Å². The monoisotopic (exact) mass is 707 g/mol. The third-order valence-electron chi connectivity index (χ3n) is 7.39. The van der Waals surface area contributed by atoms with E-state index in [9.17, 15) is 14.4 Å². The van der Waals surface area contributed by atoms with Gasteiger partial charge in [0.2, 0.25) is 5.91 Å². The molecule has 0 aliphatic heterocycles. The molecule has 1 unspecified atom stereocenters. The standard InChI is InChI=1S/C39H34ClN3O6S/c1-47-33-20-11-10-17-27(33)21-32(43-37(44)26-15-8-5-9-16-26)38(45)41-28-18-12-19-29(22-28)50-36(25-13-6-4-7-14-25)39(46)42-31-23-30(40)34(48-2)24-35(31)49-3/h4-24,36H,1-3H3,(H,41,45)(H,42,46)(H,43,44)/b32-21+. The van der Waals surface area contributed by atoms with E-state index in [-0.39, 0.29) is 11.6 Å². The third-order valence-corrected chi connectivity index (χ3v) is 8.93. The van der Waals surface area contributed by atoms with Crippen molar-refractivity contribution >= 4 is 58.5 Å². The Hall–Kier alpha value is -5.71. The number of nitrogens with one attached hydrogen (secondary N) is 3. The molecule has 3 amide bonds. The molecule has 0 aromatic heterocycles. The fourth-order valence-corrected chi connectivity index (χ4v) is 6.25. The number of hydrogen-bond donors (Lipinski definition) is 3. The summed E-state index contributed by atoms with van der Waals surface area (Å²) in [5.74, 6) is 0.0129. The van der Waals surface area contributed by atoms with E-state index >= 15 is 0 Å². The molecule has 0 bridgehead atoms. The molecule has 0 aliphatic rings. The first-order valence-corrected chi connectivity index (χ1v) is 16.6. The number of carbonyl (C=O) groups excluding carboxylic acids is 3. The Bertz CT molecular complexity index is 2010. The molecule has 5 aromatic carbocycles. The van der Waals surface area contributed by atoms with E-state index < -0.39 is 17.1 Å². The van der Waals surface area contributed by atoms with Crippen molar-refractivity contribution in [1.82, 2.24) is 5.32 Å². The molecule has 3 N–H and O–H groups in total. The summed E-state index contributed by atoms with van der Waals surface area (Å²) in [5, 5.41) is 8.21. The number of para-hydroxylation sites is 1. The van der Waals surface area contributed by atoms with Crippen molar-refractivity contribution in [1.29, 1.82) is 0 Å². The largest absolute Gasteiger partial charge is 0.496 e. The van der Waals surface area contributed by atoms with Crippen molar-refractivity contribution in [3.8, 4) is 17.2 Å². The number of anilines is 2. The fraction of sp³-hybridized carbons (Fsp3) is 0.103. The number of carbonyl (C=O) groups is 3. The lowest BCUT2D eigenvalue weighted by molar-refractivity contribution is -0.116. The molecule has 5 aromatic rings. The Morgan fingerprint density at radius 1 is 0.700 bits per heavy atom. The molecule has 5 rings (SSSR count). The predicted octanol–water partition coefficient (Wildman–Crippen LogP) is 8.25. The topological polar surface area (TPSA) is 115 Å². The van der Waals surface area contributed by atoms with E-state index in [1.54, 1.807) is 78.9 Å². The van der Waals surface area contributed by atoms with Crippen molar-refractivity contribution in [3.63, 3.8) is 0 Å². The summed E-state index contributed by atoms with van der Waals surface area (Å²) in [5.41, 5.74) is 2.60. The number of amides is 3. The van der Waals surface area contributed by atoms with Gasteiger partial charge in [0.15, 0.2) is 0 Å². The SMILES string of the molecule is COc1cc(OC)c(NC(=O)C(Sc2cccc(NC(=O)/C(=C\c3ccccc3OC)NC(=O)c3ccccc3)c2)c2ccccc2)cc1Cl. The zero-order chi connectivity index (χ0) is 35.5. The first kappa shape index (κ1) is 35.6. The van der Waals surface area contributed by atoms with Crippen LogP contribution in [0.5, 0.6) is 17.2 Å². The van der Waals surface area contributed by atoms with Gasteiger partial charge >= 0.3 is 0 Å². The number of methoxy groups -OCH3 is 3. The maximum atomic E-state index is 13.9. The predicted molar refractivity (Wildman–Crippen MR) is 198 cm³/mol. The summed E-state index contributed by atoms with van der Waals surface area (Å²) in [4.78, 5) is 41.4. The third kappa shape index (κ3) is 9.04. The second-order valence-electron chi connectivity index (χ2n) is 10.7. The summed E-state index contributed by atoms with van der Waals surface area (Å²) >= 11 is 7.66. The first-order chi connectivity index (χ1) is 24.3. The summed E-state index contributed by atoms with van der Waals surface area (Å²) in [7, 11) is 4.52. The van der Waals surface area contributed by atoms with Gasteiger partial charge in [0.25, 0.3) is 11.8 Å². The molecule has 0 saturated heterocycles. The minimum Gasteiger partial charge on any atom is -0.496 e. The minimum absolute atomic E-state index is 0.00930. The number of thioether (sulfide) groups is 1. The average molecular weight is 708 g/mol. The van der Waals surface area contributed by atoms with Gasteiger partial charge in [-0.2, -0.15) is 0 Å². The summed E-state index contributed by atoms with van der Waals surface area (Å²) in [6.45, 7) is 0. The van der Waals surface area contributed by atoms with Crippen LogP contribution in [0.25, 0.3) is 6.08 Å². The van der Waals surface area contributed by atoms with Gasteiger partial charge in [-0.3, -0.25) is 14.4 Å². The Labute approximate surface area is 299 Å². The Morgan fingerprint density at radius 2 is 1.36 bits per heavy atom. The molecule has 0 saturated carbocycles. The van der Waals surface area contributed by atoms with Crippen molar-refractivity contribution in [2.45, 2.75) is 10.1 Å². The van der Waals surface area contributed by atoms with Crippen LogP contribution in [0.4, 0.5) is 11.4 Å². The van der Waals surface area contributed by atoms with Crippen LogP contribution in [0.3, 0.4) is 0 Å². The second-order valence-corrected chi connectivity index (χ2v) is 12.3. The van der Waals surface area contributed by atoms with Gasteiger partial charge in [-0.25, -0.2) is 0 Å². The van der Waals surface area contributed by atoms with E-state index in [2.05, 4.69) is 16.0 Å². The summed E-state index contributed by atoms with van der Waals surface area (Å²) in [6, 6.07) is 35.4. The Morgan fingerprint density at radius 3 is 2.06 bits per heavy atom. The van der Waals surface area contributed by atoms with Gasteiger partial charge in [-0.15, -0.1) is 11.8 Å². The highest BCUT2D eigenvalue weighted by molar-refractivity contribution is 8.00. The molecule has 0 fully saturated rings. The van der Waals surface area contributed by atoms with Crippen LogP contribution in [0.2, 0.25) is 5.02 Å².